The van der Waals surface area contributed by atoms with Gasteiger partial charge in [-0.25, -0.2) is 0 Å². The zero-order chi connectivity index (χ0) is 18.5. The van der Waals surface area contributed by atoms with Crippen molar-refractivity contribution in [3.8, 4) is 0 Å². The molecule has 2 aromatic carbocycles. The van der Waals surface area contributed by atoms with E-state index in [9.17, 15) is 19.7 Å². The Labute approximate surface area is 151 Å². The molecule has 0 spiro atoms. The molecule has 1 aliphatic heterocycles. The highest BCUT2D eigenvalue weighted by Crippen LogP contribution is 2.15. The Balaban J connectivity index is 1.54. The lowest BCUT2D eigenvalue weighted by Gasteiger charge is -2.34. The summed E-state index contributed by atoms with van der Waals surface area (Å²) in [5.74, 6) is -0.0744. The maximum atomic E-state index is 12.5. The summed E-state index contributed by atoms with van der Waals surface area (Å²) >= 11 is 0. The van der Waals surface area contributed by atoms with Gasteiger partial charge < -0.3 is 4.90 Å². The van der Waals surface area contributed by atoms with Gasteiger partial charge in [-0.1, -0.05) is 30.3 Å². The number of amides is 1. The normalized spacial score (nSPS) is 14.8. The van der Waals surface area contributed by atoms with Gasteiger partial charge in [0.05, 0.1) is 11.5 Å². The number of non-ortho nitro benzene ring substituents is 1. The van der Waals surface area contributed by atoms with Crippen LogP contribution in [0.3, 0.4) is 0 Å². The molecular formula is C19H19N3O4. The molecule has 26 heavy (non-hydrogen) atoms. The maximum Gasteiger partial charge on any atom is 0.269 e. The number of nitrogens with zero attached hydrogens (tertiary/aromatic N) is 3. The van der Waals surface area contributed by atoms with Crippen molar-refractivity contribution in [2.45, 2.75) is 0 Å². The Bertz CT molecular complexity index is 797. The highest BCUT2D eigenvalue weighted by atomic mass is 16.6. The summed E-state index contributed by atoms with van der Waals surface area (Å²) in [5.41, 5.74) is 1.09. The van der Waals surface area contributed by atoms with Crippen molar-refractivity contribution in [1.29, 1.82) is 0 Å². The molecule has 1 fully saturated rings. The van der Waals surface area contributed by atoms with Crippen molar-refractivity contribution >= 4 is 17.4 Å². The van der Waals surface area contributed by atoms with Crippen LogP contribution in [0.5, 0.6) is 0 Å². The second-order valence-corrected chi connectivity index (χ2v) is 6.16. The third kappa shape index (κ3) is 4.12. The number of benzene rings is 2. The molecule has 2 aromatic rings. The van der Waals surface area contributed by atoms with Crippen molar-refractivity contribution in [3.63, 3.8) is 0 Å². The number of Topliss-reactive ketones (excluding diaryl/α,β-unsaturated/α-hetero) is 1. The van der Waals surface area contributed by atoms with E-state index in [1.165, 1.54) is 24.3 Å². The first kappa shape index (κ1) is 17.8. The molecule has 1 heterocycles. The number of nitro benzene ring substituents is 1. The molecule has 0 radical (unpaired) electrons. The number of nitro groups is 1. The fourth-order valence-electron chi connectivity index (χ4n) is 2.94. The smallest absolute Gasteiger partial charge is 0.269 e. The predicted octanol–water partition coefficient (Wildman–Crippen LogP) is 2.24. The molecule has 134 valence electrons. The molecule has 0 aromatic heterocycles. The molecule has 7 heteroatoms. The molecule has 1 saturated heterocycles. The number of hydrogen-bond acceptors (Lipinski definition) is 5. The predicted molar refractivity (Wildman–Crippen MR) is 96.2 cm³/mol. The van der Waals surface area contributed by atoms with Gasteiger partial charge in [0.2, 0.25) is 0 Å². The summed E-state index contributed by atoms with van der Waals surface area (Å²) in [6.07, 6.45) is 0. The minimum atomic E-state index is -0.489. The summed E-state index contributed by atoms with van der Waals surface area (Å²) < 4.78 is 0. The van der Waals surface area contributed by atoms with Gasteiger partial charge in [0.1, 0.15) is 0 Å². The van der Waals surface area contributed by atoms with E-state index in [0.29, 0.717) is 43.9 Å². The van der Waals surface area contributed by atoms with E-state index in [1.54, 1.807) is 17.0 Å². The summed E-state index contributed by atoms with van der Waals surface area (Å²) in [6, 6.07) is 14.8. The SMILES string of the molecule is O=C(CN1CCN(C(=O)c2ccc([N+](=O)[O-])cc2)CC1)c1ccccc1. The van der Waals surface area contributed by atoms with E-state index in [1.807, 2.05) is 23.1 Å². The van der Waals surface area contributed by atoms with Gasteiger partial charge in [-0.05, 0) is 12.1 Å². The van der Waals surface area contributed by atoms with Crippen LogP contribution < -0.4 is 0 Å². The average Bonchev–Trinajstić information content (AvgIpc) is 2.69. The monoisotopic (exact) mass is 353 g/mol. The summed E-state index contributed by atoms with van der Waals surface area (Å²) in [4.78, 5) is 38.7. The highest BCUT2D eigenvalue weighted by Gasteiger charge is 2.23. The molecule has 0 aliphatic carbocycles. The molecule has 0 saturated carbocycles. The Morgan fingerprint density at radius 2 is 1.50 bits per heavy atom. The van der Waals surface area contributed by atoms with Crippen molar-refractivity contribution in [2.75, 3.05) is 32.7 Å². The van der Waals surface area contributed by atoms with Gasteiger partial charge in [-0.2, -0.15) is 0 Å². The molecule has 7 nitrogen and oxygen atoms in total. The lowest BCUT2D eigenvalue weighted by atomic mass is 10.1. The van der Waals surface area contributed by atoms with Gasteiger partial charge in [0, 0.05) is 49.4 Å². The van der Waals surface area contributed by atoms with Crippen LogP contribution in [0.15, 0.2) is 54.6 Å². The lowest BCUT2D eigenvalue weighted by Crippen LogP contribution is -2.49. The lowest BCUT2D eigenvalue weighted by molar-refractivity contribution is -0.384. The van der Waals surface area contributed by atoms with Crippen LogP contribution in [-0.2, 0) is 0 Å². The fourth-order valence-corrected chi connectivity index (χ4v) is 2.94. The number of carbonyl (C=O) groups excluding carboxylic acids is 2. The van der Waals surface area contributed by atoms with Crippen LogP contribution in [0, 0.1) is 10.1 Å². The second-order valence-electron chi connectivity index (χ2n) is 6.16. The van der Waals surface area contributed by atoms with Crippen molar-refractivity contribution in [2.24, 2.45) is 0 Å². The van der Waals surface area contributed by atoms with E-state index >= 15 is 0 Å². The van der Waals surface area contributed by atoms with Gasteiger partial charge >= 0.3 is 0 Å². The van der Waals surface area contributed by atoms with Gasteiger partial charge in [-0.3, -0.25) is 24.6 Å². The molecule has 0 unspecified atom stereocenters. The number of carbonyl (C=O) groups is 2. The molecule has 0 N–H and O–H groups in total. The zero-order valence-electron chi connectivity index (χ0n) is 14.2. The standard InChI is InChI=1S/C19H19N3O4/c23-18(15-4-2-1-3-5-15)14-20-10-12-21(13-11-20)19(24)16-6-8-17(9-7-16)22(25)26/h1-9H,10-14H2. The first-order valence-electron chi connectivity index (χ1n) is 8.39. The summed E-state index contributed by atoms with van der Waals surface area (Å²) in [6.45, 7) is 2.63. The van der Waals surface area contributed by atoms with Crippen molar-refractivity contribution in [1.82, 2.24) is 9.80 Å². The first-order chi connectivity index (χ1) is 12.5. The van der Waals surface area contributed by atoms with Crippen LogP contribution in [-0.4, -0.2) is 59.1 Å². The summed E-state index contributed by atoms with van der Waals surface area (Å²) in [7, 11) is 0. The Hall–Kier alpha value is -3.06. The van der Waals surface area contributed by atoms with E-state index in [4.69, 9.17) is 0 Å². The summed E-state index contributed by atoms with van der Waals surface area (Å²) in [5, 5.41) is 10.7. The van der Waals surface area contributed by atoms with Crippen LogP contribution >= 0.6 is 0 Å². The first-order valence-corrected chi connectivity index (χ1v) is 8.39. The highest BCUT2D eigenvalue weighted by molar-refractivity contribution is 5.97. The third-order valence-corrected chi connectivity index (χ3v) is 4.45. The quantitative estimate of drug-likeness (QED) is 0.468. The van der Waals surface area contributed by atoms with Crippen molar-refractivity contribution < 1.29 is 14.5 Å². The zero-order valence-corrected chi connectivity index (χ0v) is 14.2. The molecule has 3 rings (SSSR count). The average molecular weight is 353 g/mol. The van der Waals surface area contributed by atoms with E-state index in [-0.39, 0.29) is 17.4 Å². The minimum Gasteiger partial charge on any atom is -0.336 e. The van der Waals surface area contributed by atoms with E-state index in [0.717, 1.165) is 0 Å². The van der Waals surface area contributed by atoms with Crippen molar-refractivity contribution in [3.05, 3.63) is 75.8 Å². The third-order valence-electron chi connectivity index (χ3n) is 4.45. The second kappa shape index (κ2) is 7.88. The Morgan fingerprint density at radius 1 is 0.885 bits per heavy atom. The number of piperazine rings is 1. The van der Waals surface area contributed by atoms with Gasteiger partial charge in [-0.15, -0.1) is 0 Å². The number of rotatable bonds is 5. The Kier molecular flexibility index (Phi) is 5.38. The van der Waals surface area contributed by atoms with Crippen LogP contribution in [0.2, 0.25) is 0 Å². The largest absolute Gasteiger partial charge is 0.336 e. The molecular weight excluding hydrogens is 334 g/mol. The molecule has 0 atom stereocenters. The Morgan fingerprint density at radius 3 is 2.08 bits per heavy atom. The number of hydrogen-bond donors (Lipinski definition) is 0. The minimum absolute atomic E-state index is 0.0363. The van der Waals surface area contributed by atoms with Gasteiger partial charge in [0.15, 0.2) is 5.78 Å². The van der Waals surface area contributed by atoms with Crippen LogP contribution in [0.1, 0.15) is 20.7 Å². The number of ketones is 1. The van der Waals surface area contributed by atoms with Gasteiger partial charge in [0.25, 0.3) is 11.6 Å². The maximum absolute atomic E-state index is 12.5. The van der Waals surface area contributed by atoms with E-state index in [2.05, 4.69) is 0 Å². The fraction of sp³-hybridized carbons (Fsp3) is 0.263. The molecule has 1 amide bonds. The molecule has 1 aliphatic rings. The topological polar surface area (TPSA) is 83.8 Å². The van der Waals surface area contributed by atoms with Crippen LogP contribution in [0.25, 0.3) is 0 Å². The molecule has 0 bridgehead atoms. The van der Waals surface area contributed by atoms with Crippen LogP contribution in [0.4, 0.5) is 5.69 Å². The van der Waals surface area contributed by atoms with E-state index < -0.39 is 4.92 Å².